The van der Waals surface area contributed by atoms with Crippen molar-refractivity contribution >= 4 is 39.4 Å². The van der Waals surface area contributed by atoms with E-state index in [1.54, 1.807) is 37.5 Å². The van der Waals surface area contributed by atoms with E-state index in [0.717, 1.165) is 12.8 Å². The second-order valence-corrected chi connectivity index (χ2v) is 10.8. The molecular weight excluding hydrogens is 481 g/mol. The fourth-order valence-corrected chi connectivity index (χ4v) is 5.72. The molecule has 0 bridgehead atoms. The normalized spacial score (nSPS) is 21.3. The van der Waals surface area contributed by atoms with Gasteiger partial charge in [-0.3, -0.25) is 19.4 Å². The number of carbonyl (C=O) groups is 3. The van der Waals surface area contributed by atoms with Crippen molar-refractivity contribution in [2.75, 3.05) is 0 Å². The summed E-state index contributed by atoms with van der Waals surface area (Å²) in [5, 5.41) is 5.67. The molecule has 0 radical (unpaired) electrons. The number of halogens is 1. The molecule has 8 nitrogen and oxygen atoms in total. The number of thiophene rings is 1. The van der Waals surface area contributed by atoms with Crippen molar-refractivity contribution in [1.29, 1.82) is 0 Å². The van der Waals surface area contributed by atoms with E-state index in [4.69, 9.17) is 0 Å². The largest absolute Gasteiger partial charge is 0.347 e. The summed E-state index contributed by atoms with van der Waals surface area (Å²) in [4.78, 5) is 50.1. The molecule has 188 valence electrons. The highest BCUT2D eigenvalue weighted by atomic mass is 32.1. The van der Waals surface area contributed by atoms with Crippen LogP contribution in [0.1, 0.15) is 78.1 Å². The topological polar surface area (TPSA) is 104 Å². The molecule has 1 saturated carbocycles. The van der Waals surface area contributed by atoms with Gasteiger partial charge in [-0.2, -0.15) is 0 Å². The Balaban J connectivity index is 1.25. The second kappa shape index (κ2) is 9.24. The molecule has 2 aliphatic rings. The molecule has 0 spiro atoms. The molecule has 5 rings (SSSR count). The molecule has 2 aromatic heterocycles. The van der Waals surface area contributed by atoms with Gasteiger partial charge in [0.25, 0.3) is 11.8 Å². The molecule has 36 heavy (non-hydrogen) atoms. The van der Waals surface area contributed by atoms with Crippen LogP contribution in [0.3, 0.4) is 0 Å². The summed E-state index contributed by atoms with van der Waals surface area (Å²) in [5.41, 5.74) is 0.193. The van der Waals surface area contributed by atoms with E-state index in [1.165, 1.54) is 17.4 Å². The van der Waals surface area contributed by atoms with Crippen molar-refractivity contribution in [3.05, 3.63) is 58.5 Å². The second-order valence-electron chi connectivity index (χ2n) is 9.81. The number of aromatic nitrogens is 2. The van der Waals surface area contributed by atoms with Gasteiger partial charge in [0.05, 0.1) is 10.9 Å². The van der Waals surface area contributed by atoms with E-state index in [2.05, 4.69) is 20.6 Å². The third kappa shape index (κ3) is 4.45. The smallest absolute Gasteiger partial charge is 0.262 e. The average molecular weight is 510 g/mol. The van der Waals surface area contributed by atoms with Gasteiger partial charge in [0.2, 0.25) is 5.91 Å². The third-order valence-corrected chi connectivity index (χ3v) is 8.21. The number of nitrogens with one attached hydrogen (secondary N) is 2. The first-order valence-electron chi connectivity index (χ1n) is 12.1. The fraction of sp³-hybridized carbons (Fsp3) is 0.423. The predicted octanol–water partition coefficient (Wildman–Crippen LogP) is 3.98. The van der Waals surface area contributed by atoms with Crippen molar-refractivity contribution in [1.82, 2.24) is 25.5 Å². The quantitative estimate of drug-likeness (QED) is 0.523. The van der Waals surface area contributed by atoms with E-state index in [9.17, 15) is 14.4 Å². The van der Waals surface area contributed by atoms with Crippen molar-refractivity contribution in [3.63, 3.8) is 0 Å². The van der Waals surface area contributed by atoms with Gasteiger partial charge in [-0.25, -0.2) is 9.37 Å². The van der Waals surface area contributed by atoms with Gasteiger partial charge in [-0.05, 0) is 64.7 Å². The molecule has 3 amide bonds. The molecule has 1 aliphatic carbocycles. The lowest BCUT2D eigenvalue weighted by molar-refractivity contribution is -0.124. The van der Waals surface area contributed by atoms with Crippen LogP contribution in [0.5, 0.6) is 0 Å². The van der Waals surface area contributed by atoms with Gasteiger partial charge in [0.1, 0.15) is 21.7 Å². The SMILES string of the molecule is C[C@@H]1CC[C@H](C)N1C(=O)c1ccc([C@@H](C)NC(=O)C2(NC(=O)c3cc4nccnc4s3)CC2)c(F)c1. The Hall–Kier alpha value is -3.40. The molecule has 3 heterocycles. The van der Waals surface area contributed by atoms with Crippen LogP contribution in [0.2, 0.25) is 0 Å². The lowest BCUT2D eigenvalue weighted by atomic mass is 10.0. The predicted molar refractivity (Wildman–Crippen MR) is 134 cm³/mol. The average Bonchev–Trinajstić information content (AvgIpc) is 3.37. The Kier molecular flexibility index (Phi) is 6.23. The van der Waals surface area contributed by atoms with E-state index in [-0.39, 0.29) is 35.4 Å². The van der Waals surface area contributed by atoms with Gasteiger partial charge < -0.3 is 15.5 Å². The Morgan fingerprint density at radius 1 is 1.11 bits per heavy atom. The zero-order chi connectivity index (χ0) is 25.6. The van der Waals surface area contributed by atoms with Crippen LogP contribution in [0.4, 0.5) is 4.39 Å². The maximum atomic E-state index is 15.0. The van der Waals surface area contributed by atoms with Crippen molar-refractivity contribution < 1.29 is 18.8 Å². The van der Waals surface area contributed by atoms with Crippen LogP contribution in [-0.4, -0.2) is 50.2 Å². The summed E-state index contributed by atoms with van der Waals surface area (Å²) in [6.45, 7) is 5.69. The molecule has 2 N–H and O–H groups in total. The van der Waals surface area contributed by atoms with Gasteiger partial charge in [-0.15, -0.1) is 11.3 Å². The Morgan fingerprint density at radius 3 is 2.44 bits per heavy atom. The minimum atomic E-state index is -1.02. The first kappa shape index (κ1) is 24.3. The van der Waals surface area contributed by atoms with Crippen LogP contribution in [0.15, 0.2) is 36.7 Å². The number of carbonyl (C=O) groups excluding carboxylic acids is 3. The summed E-state index contributed by atoms with van der Waals surface area (Å²) >= 11 is 1.21. The highest BCUT2D eigenvalue weighted by Crippen LogP contribution is 2.37. The van der Waals surface area contributed by atoms with Crippen LogP contribution in [0.25, 0.3) is 10.3 Å². The number of fused-ring (bicyclic) bond motifs is 1. The Morgan fingerprint density at radius 2 is 1.81 bits per heavy atom. The van der Waals surface area contributed by atoms with Crippen LogP contribution >= 0.6 is 11.3 Å². The zero-order valence-electron chi connectivity index (χ0n) is 20.4. The van der Waals surface area contributed by atoms with Crippen LogP contribution in [-0.2, 0) is 4.79 Å². The molecule has 2 fully saturated rings. The summed E-state index contributed by atoms with van der Waals surface area (Å²) < 4.78 is 15.0. The zero-order valence-corrected chi connectivity index (χ0v) is 21.2. The molecule has 3 atom stereocenters. The lowest BCUT2D eigenvalue weighted by Crippen LogP contribution is -2.49. The monoisotopic (exact) mass is 509 g/mol. The summed E-state index contributed by atoms with van der Waals surface area (Å²) in [7, 11) is 0. The standard InChI is InChI=1S/C26H28FN5O3S/c1-14-4-5-15(2)32(14)24(34)17-6-7-18(19(27)12-17)16(3)30-25(35)26(8-9-26)31-22(33)21-13-20-23(36-21)29-11-10-28-20/h6-7,10-16H,4-5,8-9H2,1-3H3,(H,30,35)(H,31,33)/t14-,15+,16-/m1/s1. The molecule has 1 saturated heterocycles. The van der Waals surface area contributed by atoms with Crippen LogP contribution < -0.4 is 10.6 Å². The minimum Gasteiger partial charge on any atom is -0.347 e. The molecule has 3 aromatic rings. The summed E-state index contributed by atoms with van der Waals surface area (Å²) in [5.74, 6) is -1.45. The number of hydrogen-bond acceptors (Lipinski definition) is 6. The van der Waals surface area contributed by atoms with E-state index in [0.29, 0.717) is 33.6 Å². The van der Waals surface area contributed by atoms with Gasteiger partial charge >= 0.3 is 0 Å². The van der Waals surface area contributed by atoms with E-state index < -0.39 is 17.4 Å². The van der Waals surface area contributed by atoms with E-state index in [1.807, 2.05) is 18.7 Å². The van der Waals surface area contributed by atoms with Gasteiger partial charge in [-0.1, -0.05) is 6.07 Å². The molecule has 1 aromatic carbocycles. The van der Waals surface area contributed by atoms with E-state index >= 15 is 4.39 Å². The fourth-order valence-electron chi connectivity index (χ4n) is 4.86. The number of likely N-dealkylation sites (tertiary alicyclic amines) is 1. The molecule has 0 unspecified atom stereocenters. The van der Waals surface area contributed by atoms with Crippen molar-refractivity contribution in [2.45, 2.75) is 70.1 Å². The van der Waals surface area contributed by atoms with Crippen molar-refractivity contribution in [2.24, 2.45) is 0 Å². The van der Waals surface area contributed by atoms with Gasteiger partial charge in [0, 0.05) is 35.6 Å². The number of benzene rings is 1. The van der Waals surface area contributed by atoms with Crippen molar-refractivity contribution in [3.8, 4) is 0 Å². The lowest BCUT2D eigenvalue weighted by Gasteiger charge is -2.26. The maximum absolute atomic E-state index is 15.0. The molecular formula is C26H28FN5O3S. The first-order chi connectivity index (χ1) is 17.2. The highest BCUT2D eigenvalue weighted by Gasteiger charge is 2.51. The number of hydrogen-bond donors (Lipinski definition) is 2. The first-order valence-corrected chi connectivity index (χ1v) is 13.0. The molecule has 1 aliphatic heterocycles. The number of nitrogens with zero attached hydrogens (tertiary/aromatic N) is 3. The Bertz CT molecular complexity index is 1310. The maximum Gasteiger partial charge on any atom is 0.262 e. The van der Waals surface area contributed by atoms with Crippen LogP contribution in [0, 0.1) is 5.82 Å². The highest BCUT2D eigenvalue weighted by molar-refractivity contribution is 7.20. The number of amides is 3. The number of rotatable bonds is 6. The summed E-state index contributed by atoms with van der Waals surface area (Å²) in [6.07, 6.45) is 5.99. The third-order valence-electron chi connectivity index (χ3n) is 7.17. The van der Waals surface area contributed by atoms with Gasteiger partial charge in [0.15, 0.2) is 0 Å². The minimum absolute atomic E-state index is 0.124. The Labute approximate surface area is 212 Å². The molecule has 10 heteroatoms. The summed E-state index contributed by atoms with van der Waals surface area (Å²) in [6, 6.07) is 5.67.